The Bertz CT molecular complexity index is 1180. The molecule has 41 heavy (non-hydrogen) atoms. The number of carbonyl (C=O) groups excluding carboxylic acids is 3. The number of alkyl carbamates (subject to hydrolysis) is 1. The summed E-state index contributed by atoms with van der Waals surface area (Å²) in [5, 5.41) is 26.0. The normalized spacial score (nSPS) is 12.8. The molecule has 2 unspecified atom stereocenters. The molecule has 2 atom stereocenters. The van der Waals surface area contributed by atoms with Crippen LogP contribution in [0.1, 0.15) is 82.5 Å². The molecular weight excluding hydrogens is 546 g/mol. The first-order valence-electron chi connectivity index (χ1n) is 14.0. The number of hydrogen-bond acceptors (Lipinski definition) is 6. The molecule has 226 valence electrons. The molecule has 0 aliphatic heterocycles. The van der Waals surface area contributed by atoms with Crippen LogP contribution in [0.4, 0.5) is 10.5 Å². The highest BCUT2D eigenvalue weighted by Gasteiger charge is 2.36. The van der Waals surface area contributed by atoms with Gasteiger partial charge in [0, 0.05) is 6.54 Å². The van der Waals surface area contributed by atoms with E-state index in [1.165, 1.54) is 11.0 Å². The number of nitrogens with zero attached hydrogens (tertiary/aromatic N) is 1. The number of rotatable bonds is 13. The van der Waals surface area contributed by atoms with Crippen molar-refractivity contribution in [2.24, 2.45) is 0 Å². The van der Waals surface area contributed by atoms with Gasteiger partial charge in [-0.2, -0.15) is 0 Å². The van der Waals surface area contributed by atoms with E-state index in [4.69, 9.17) is 16.3 Å². The molecule has 0 aliphatic rings. The van der Waals surface area contributed by atoms with Crippen LogP contribution in [-0.4, -0.2) is 57.8 Å². The number of amides is 3. The Kier molecular flexibility index (Phi) is 12.9. The number of anilines is 1. The number of halogens is 1. The molecule has 3 amide bonds. The average Bonchev–Trinajstić information content (AvgIpc) is 2.89. The van der Waals surface area contributed by atoms with E-state index in [0.717, 1.165) is 31.2 Å². The molecule has 0 aliphatic carbocycles. The second-order valence-corrected chi connectivity index (χ2v) is 11.6. The number of nitrogens with one attached hydrogen (secondary N) is 2. The van der Waals surface area contributed by atoms with Crippen molar-refractivity contribution in [3.8, 4) is 5.75 Å². The molecule has 0 aromatic heterocycles. The molecule has 2 aromatic carbocycles. The summed E-state index contributed by atoms with van der Waals surface area (Å²) in [6.07, 6.45) is 3.62. The second-order valence-electron chi connectivity index (χ2n) is 11.2. The number of ether oxygens (including phenoxy) is 1. The zero-order chi connectivity index (χ0) is 30.7. The third-order valence-electron chi connectivity index (χ3n) is 6.52. The van der Waals surface area contributed by atoms with E-state index in [-0.39, 0.29) is 12.3 Å². The number of aliphatic hydroxyl groups is 1. The van der Waals surface area contributed by atoms with E-state index in [1.807, 2.05) is 13.0 Å². The summed E-state index contributed by atoms with van der Waals surface area (Å²) in [6, 6.07) is 7.43. The molecule has 0 heterocycles. The maximum atomic E-state index is 14.0. The number of carbonyl (C=O) groups is 3. The molecule has 0 saturated heterocycles. The van der Waals surface area contributed by atoms with Crippen molar-refractivity contribution in [3.63, 3.8) is 0 Å². The minimum absolute atomic E-state index is 0.0483. The van der Waals surface area contributed by atoms with E-state index in [9.17, 15) is 24.6 Å². The van der Waals surface area contributed by atoms with Crippen LogP contribution in [0, 0.1) is 13.8 Å². The number of aliphatic hydroxyl groups excluding tert-OH is 1. The van der Waals surface area contributed by atoms with Crippen molar-refractivity contribution in [3.05, 3.63) is 58.1 Å². The number of hydrogen-bond donors (Lipinski definition) is 4. The number of phenolic OH excluding ortho intramolecular Hbond substituents is 1. The number of aromatic hydroxyl groups is 1. The lowest BCUT2D eigenvalue weighted by molar-refractivity contribution is -0.141. The molecule has 9 nitrogen and oxygen atoms in total. The topological polar surface area (TPSA) is 128 Å². The van der Waals surface area contributed by atoms with Gasteiger partial charge >= 0.3 is 6.09 Å². The average molecular weight is 590 g/mol. The second kappa shape index (κ2) is 15.6. The number of para-hydroxylation sites is 1. The maximum Gasteiger partial charge on any atom is 0.408 e. The molecule has 0 fully saturated rings. The van der Waals surface area contributed by atoms with Crippen molar-refractivity contribution in [1.82, 2.24) is 10.2 Å². The molecule has 0 saturated carbocycles. The van der Waals surface area contributed by atoms with Crippen LogP contribution in [0.2, 0.25) is 5.02 Å². The molecule has 4 N–H and O–H groups in total. The minimum atomic E-state index is -1.35. The molecular formula is C31H44ClN3O6. The Morgan fingerprint density at radius 1 is 1.02 bits per heavy atom. The first-order valence-corrected chi connectivity index (χ1v) is 14.4. The Labute approximate surface area is 248 Å². The summed E-state index contributed by atoms with van der Waals surface area (Å²) < 4.78 is 5.30. The van der Waals surface area contributed by atoms with E-state index in [2.05, 4.69) is 17.6 Å². The van der Waals surface area contributed by atoms with Crippen molar-refractivity contribution in [2.75, 3.05) is 18.5 Å². The van der Waals surface area contributed by atoms with Crippen molar-refractivity contribution in [2.45, 2.75) is 91.3 Å². The largest absolute Gasteiger partial charge is 0.508 e. The lowest BCUT2D eigenvalue weighted by Gasteiger charge is -2.34. The maximum absolute atomic E-state index is 14.0. The van der Waals surface area contributed by atoms with E-state index in [1.54, 1.807) is 52.0 Å². The van der Waals surface area contributed by atoms with E-state index < -0.39 is 42.2 Å². The van der Waals surface area contributed by atoms with E-state index >= 15 is 0 Å². The third kappa shape index (κ3) is 10.2. The van der Waals surface area contributed by atoms with Gasteiger partial charge in [0.2, 0.25) is 5.91 Å². The van der Waals surface area contributed by atoms with Gasteiger partial charge in [-0.05, 0) is 75.9 Å². The van der Waals surface area contributed by atoms with Gasteiger partial charge in [-0.15, -0.1) is 0 Å². The highest BCUT2D eigenvalue weighted by atomic mass is 35.5. The number of benzene rings is 2. The molecule has 0 radical (unpaired) electrons. The SMILES string of the molecule is CCCCCCCN(C(=O)C(CO)NC(=O)OC(C)(C)C)C(C(=O)Nc1c(C)cccc1Cl)c1ccc(O)c(C)c1. The van der Waals surface area contributed by atoms with Crippen molar-refractivity contribution >= 4 is 35.2 Å². The fourth-order valence-corrected chi connectivity index (χ4v) is 4.66. The Hall–Kier alpha value is -3.30. The van der Waals surface area contributed by atoms with Crippen LogP contribution >= 0.6 is 11.6 Å². The smallest absolute Gasteiger partial charge is 0.408 e. The zero-order valence-electron chi connectivity index (χ0n) is 24.9. The van der Waals surface area contributed by atoms with Crippen LogP contribution in [0.3, 0.4) is 0 Å². The van der Waals surface area contributed by atoms with Crippen molar-refractivity contribution in [1.29, 1.82) is 0 Å². The third-order valence-corrected chi connectivity index (χ3v) is 6.84. The molecule has 0 bridgehead atoms. The molecule has 2 rings (SSSR count). The first kappa shape index (κ1) is 33.9. The predicted octanol–water partition coefficient (Wildman–Crippen LogP) is 6.03. The summed E-state index contributed by atoms with van der Waals surface area (Å²) in [6.45, 7) is 10.2. The van der Waals surface area contributed by atoms with Gasteiger partial charge in [-0.3, -0.25) is 9.59 Å². The quantitative estimate of drug-likeness (QED) is 0.211. The zero-order valence-corrected chi connectivity index (χ0v) is 25.7. The lowest BCUT2D eigenvalue weighted by atomic mass is 9.99. The lowest BCUT2D eigenvalue weighted by Crippen LogP contribution is -2.54. The van der Waals surface area contributed by atoms with Gasteiger partial charge in [0.1, 0.15) is 23.4 Å². The van der Waals surface area contributed by atoms with Gasteiger partial charge in [0.15, 0.2) is 0 Å². The minimum Gasteiger partial charge on any atom is -0.508 e. The van der Waals surface area contributed by atoms with Crippen LogP contribution < -0.4 is 10.6 Å². The van der Waals surface area contributed by atoms with Gasteiger partial charge in [0.05, 0.1) is 17.3 Å². The van der Waals surface area contributed by atoms with Gasteiger partial charge in [0.25, 0.3) is 5.91 Å². The van der Waals surface area contributed by atoms with E-state index in [0.29, 0.717) is 28.3 Å². The summed E-state index contributed by atoms with van der Waals surface area (Å²) >= 11 is 6.40. The summed E-state index contributed by atoms with van der Waals surface area (Å²) in [4.78, 5) is 41.9. The number of phenols is 1. The molecule has 2 aromatic rings. The Balaban J connectivity index is 2.55. The highest BCUT2D eigenvalue weighted by Crippen LogP contribution is 2.31. The van der Waals surface area contributed by atoms with Gasteiger partial charge in [-0.1, -0.05) is 62.4 Å². The Morgan fingerprint density at radius 3 is 2.29 bits per heavy atom. The van der Waals surface area contributed by atoms with Crippen LogP contribution in [0.15, 0.2) is 36.4 Å². The van der Waals surface area contributed by atoms with Gasteiger partial charge < -0.3 is 30.5 Å². The monoisotopic (exact) mass is 589 g/mol. The standard InChI is InChI=1S/C31H44ClN3O6/c1-7-8-9-10-11-17-35(29(39)24(19-36)33-30(40)41-31(4,5)6)27(22-15-16-25(37)21(3)18-22)28(38)34-26-20(2)13-12-14-23(26)32/h12-16,18,24,27,36-37H,7-11,17,19H2,1-6H3,(H,33,40)(H,34,38). The first-order chi connectivity index (χ1) is 19.3. The number of aryl methyl sites for hydroxylation is 2. The highest BCUT2D eigenvalue weighted by molar-refractivity contribution is 6.34. The predicted molar refractivity (Wildman–Crippen MR) is 161 cm³/mol. The van der Waals surface area contributed by atoms with Gasteiger partial charge in [-0.25, -0.2) is 4.79 Å². The molecule has 0 spiro atoms. The van der Waals surface area contributed by atoms with Crippen LogP contribution in [0.25, 0.3) is 0 Å². The number of unbranched alkanes of at least 4 members (excludes halogenated alkanes) is 4. The van der Waals surface area contributed by atoms with Crippen molar-refractivity contribution < 1.29 is 29.3 Å². The fourth-order valence-electron chi connectivity index (χ4n) is 4.39. The Morgan fingerprint density at radius 2 is 1.71 bits per heavy atom. The summed E-state index contributed by atoms with van der Waals surface area (Å²) in [5.74, 6) is -1.12. The molecule has 10 heteroatoms. The summed E-state index contributed by atoms with van der Waals surface area (Å²) in [7, 11) is 0. The van der Waals surface area contributed by atoms with Crippen LogP contribution in [-0.2, 0) is 14.3 Å². The summed E-state index contributed by atoms with van der Waals surface area (Å²) in [5.41, 5.74) is 1.32. The fraction of sp³-hybridized carbons (Fsp3) is 0.516. The van der Waals surface area contributed by atoms with Crippen LogP contribution in [0.5, 0.6) is 5.75 Å².